The number of piperidine rings is 2. The van der Waals surface area contributed by atoms with Crippen LogP contribution in [0.5, 0.6) is 5.75 Å². The number of carbonyl (C=O) groups is 5. The molecular weight excluding hydrogens is 869 g/mol. The number of imide groups is 1. The number of nitrogens with two attached hydrogens (primary N) is 1. The van der Waals surface area contributed by atoms with Crippen molar-refractivity contribution in [3.05, 3.63) is 59.8 Å². The molecule has 5 fully saturated rings. The summed E-state index contributed by atoms with van der Waals surface area (Å²) in [5.41, 5.74) is 6.63. The molecule has 3 aliphatic carbocycles. The number of anilines is 3. The number of fused-ring (bicyclic) bond motifs is 1. The molecule has 2 aromatic rings. The van der Waals surface area contributed by atoms with Crippen molar-refractivity contribution in [3.63, 3.8) is 0 Å². The summed E-state index contributed by atoms with van der Waals surface area (Å²) in [7, 11) is 4.84. The zero-order valence-corrected chi connectivity index (χ0v) is 40.0. The Morgan fingerprint density at radius 1 is 0.985 bits per heavy atom. The number of nitrogens with zero attached hydrogens (tertiary/aromatic N) is 7. The molecule has 3 atom stereocenters. The fourth-order valence-corrected chi connectivity index (χ4v) is 12.5. The number of ether oxygens (including phenoxy) is 2. The maximum absolute atomic E-state index is 14.8. The summed E-state index contributed by atoms with van der Waals surface area (Å²) in [4.78, 5) is 86.2. The van der Waals surface area contributed by atoms with Crippen molar-refractivity contribution < 1.29 is 38.6 Å². The second-order valence-corrected chi connectivity index (χ2v) is 20.3. The lowest BCUT2D eigenvalue weighted by molar-refractivity contribution is -0.134. The number of rotatable bonds is 13. The number of likely N-dealkylation sites (N-methyl/N-ethyl adjacent to an activating group) is 1. The van der Waals surface area contributed by atoms with Crippen LogP contribution in [0.25, 0.3) is 0 Å². The highest BCUT2D eigenvalue weighted by Gasteiger charge is 2.58. The number of amides is 6. The number of carbonyl (C=O) groups excluding carboxylic acids is 5. The number of nitrogens with one attached hydrogen (secondary N) is 2. The first-order valence-electron chi connectivity index (χ1n) is 24.6. The quantitative estimate of drug-likeness (QED) is 0.224. The van der Waals surface area contributed by atoms with E-state index >= 15 is 0 Å². The summed E-state index contributed by atoms with van der Waals surface area (Å²) in [6.45, 7) is 6.28. The largest absolute Gasteiger partial charge is 0.500 e. The zero-order valence-electron chi connectivity index (χ0n) is 40.0. The van der Waals surface area contributed by atoms with Crippen molar-refractivity contribution in [2.24, 2.45) is 17.1 Å². The van der Waals surface area contributed by atoms with Gasteiger partial charge in [0.05, 0.1) is 26.1 Å². The first-order valence-corrected chi connectivity index (χ1v) is 24.6. The first-order chi connectivity index (χ1) is 32.7. The normalized spacial score (nSPS) is 26.3. The van der Waals surface area contributed by atoms with Gasteiger partial charge in [-0.2, -0.15) is 0 Å². The maximum Gasteiger partial charge on any atom is 0.328 e. The van der Waals surface area contributed by atoms with Crippen LogP contribution in [0.3, 0.4) is 0 Å². The van der Waals surface area contributed by atoms with Gasteiger partial charge in [0.25, 0.3) is 5.91 Å². The summed E-state index contributed by atoms with van der Waals surface area (Å²) in [6, 6.07) is 4.39. The Labute approximate surface area is 398 Å². The molecule has 1 spiro atoms. The Morgan fingerprint density at radius 3 is 2.38 bits per heavy atom. The molecule has 9 rings (SSSR count). The van der Waals surface area contributed by atoms with Crippen molar-refractivity contribution in [2.75, 3.05) is 81.8 Å². The molecule has 3 saturated heterocycles. The molecule has 4 aliphatic heterocycles. The standard InChI is InChI=1S/C50H68N10O8/c1-5-35-45(64)56(2)37-28-52-42(54-43(37)60(35)34-9-6-7-10-34)41-39(68-4)11-8-17-50(41,51)46(65)55-49(20-26-61)30-48(31-49)18-24-57(25-19-48)29-32-14-21-58(22-15-32)44(63)33-12-13-38(67-3)36(27-33)59-23-16-40(62)53-47(59)66/h8,11-13,17,27-28,32,34-35,41,61H,5-7,9-10,14-16,18-26,29-31,51H2,1-4H3,(H,55,65)(H,53,62,66). The second-order valence-electron chi connectivity index (χ2n) is 20.3. The molecule has 1 aromatic heterocycles. The number of hydrogen-bond acceptors (Lipinski definition) is 13. The molecule has 366 valence electrons. The second kappa shape index (κ2) is 19.1. The van der Waals surface area contributed by atoms with Crippen molar-refractivity contribution in [1.82, 2.24) is 30.4 Å². The van der Waals surface area contributed by atoms with Crippen LogP contribution >= 0.6 is 0 Å². The highest BCUT2D eigenvalue weighted by Crippen LogP contribution is 2.56. The van der Waals surface area contributed by atoms with Gasteiger partial charge in [-0.1, -0.05) is 31.9 Å². The molecule has 0 bridgehead atoms. The van der Waals surface area contributed by atoms with Crippen LogP contribution in [0.4, 0.5) is 22.0 Å². The summed E-state index contributed by atoms with van der Waals surface area (Å²) in [5.74, 6) is 0.780. The third kappa shape index (κ3) is 8.72. The topological polar surface area (TPSA) is 216 Å². The highest BCUT2D eigenvalue weighted by atomic mass is 16.5. The van der Waals surface area contributed by atoms with Crippen LogP contribution < -0.4 is 35.8 Å². The van der Waals surface area contributed by atoms with E-state index in [4.69, 9.17) is 25.2 Å². The predicted molar refractivity (Wildman–Crippen MR) is 255 cm³/mol. The molecule has 1 aromatic carbocycles. The van der Waals surface area contributed by atoms with E-state index in [-0.39, 0.29) is 60.7 Å². The Balaban J connectivity index is 0.819. The minimum atomic E-state index is -1.60. The van der Waals surface area contributed by atoms with Crippen LogP contribution in [0.1, 0.15) is 112 Å². The molecule has 5 N–H and O–H groups in total. The smallest absolute Gasteiger partial charge is 0.328 e. The molecule has 3 unspecified atom stereocenters. The lowest BCUT2D eigenvalue weighted by Gasteiger charge is -2.60. The zero-order chi connectivity index (χ0) is 48.0. The Morgan fingerprint density at radius 2 is 1.72 bits per heavy atom. The minimum absolute atomic E-state index is 0.0224. The van der Waals surface area contributed by atoms with E-state index < -0.39 is 23.0 Å². The van der Waals surface area contributed by atoms with E-state index in [9.17, 15) is 29.1 Å². The van der Waals surface area contributed by atoms with E-state index in [1.165, 1.54) is 12.0 Å². The van der Waals surface area contributed by atoms with Crippen LogP contribution in [0.2, 0.25) is 0 Å². The summed E-state index contributed by atoms with van der Waals surface area (Å²) >= 11 is 0. The number of hydrogen-bond donors (Lipinski definition) is 4. The third-order valence-corrected chi connectivity index (χ3v) is 16.2. The molecule has 2 saturated carbocycles. The van der Waals surface area contributed by atoms with Crippen molar-refractivity contribution in [2.45, 2.75) is 119 Å². The van der Waals surface area contributed by atoms with Crippen LogP contribution in [-0.2, 0) is 19.1 Å². The number of benzene rings is 1. The number of methoxy groups -OCH3 is 2. The molecule has 18 nitrogen and oxygen atoms in total. The molecule has 6 amide bonds. The number of allylic oxidation sites excluding steroid dienone is 2. The lowest BCUT2D eigenvalue weighted by Crippen LogP contribution is -2.69. The molecule has 5 heterocycles. The minimum Gasteiger partial charge on any atom is -0.500 e. The third-order valence-electron chi connectivity index (χ3n) is 16.2. The lowest BCUT2D eigenvalue weighted by atomic mass is 9.52. The fraction of sp³-hybridized carbons (Fsp3) is 0.620. The van der Waals surface area contributed by atoms with E-state index in [0.717, 1.165) is 83.8 Å². The van der Waals surface area contributed by atoms with Crippen LogP contribution in [0.15, 0.2) is 48.4 Å². The molecule has 18 heteroatoms. The Hall–Kier alpha value is -5.59. The SMILES string of the molecule is CCC1C(=O)N(C)c2cnc(C3C(OC)=CC=CC3(N)C(=O)NC3(CCO)CC4(CCN(CC5CCN(C(=O)c6ccc(OC)c(N7CCC(=O)NC7=O)c6)CC5)CC4)C3)nc2N1C1CCCC1. The fourth-order valence-electron chi connectivity index (χ4n) is 12.5. The van der Waals surface area contributed by atoms with E-state index in [2.05, 4.69) is 20.4 Å². The number of aliphatic hydroxyl groups excluding tert-OH is 1. The average molecular weight is 937 g/mol. The first kappa shape index (κ1) is 47.5. The van der Waals surface area contributed by atoms with Gasteiger partial charge in [-0.3, -0.25) is 29.4 Å². The van der Waals surface area contributed by atoms with Gasteiger partial charge in [0.1, 0.15) is 40.5 Å². The number of likely N-dealkylation sites (tertiary alicyclic amines) is 2. The van der Waals surface area contributed by atoms with Gasteiger partial charge in [-0.05, 0) is 113 Å². The number of aliphatic hydroxyl groups is 1. The van der Waals surface area contributed by atoms with Gasteiger partial charge < -0.3 is 45.2 Å². The van der Waals surface area contributed by atoms with Crippen molar-refractivity contribution >= 4 is 46.9 Å². The van der Waals surface area contributed by atoms with E-state index in [0.29, 0.717) is 71.9 Å². The number of urea groups is 1. The van der Waals surface area contributed by atoms with Gasteiger partial charge in [0.15, 0.2) is 5.82 Å². The van der Waals surface area contributed by atoms with Gasteiger partial charge in [0, 0.05) is 63.4 Å². The van der Waals surface area contributed by atoms with Gasteiger partial charge >= 0.3 is 6.03 Å². The predicted octanol–water partition coefficient (Wildman–Crippen LogP) is 3.98. The highest BCUT2D eigenvalue weighted by molar-refractivity contribution is 6.07. The van der Waals surface area contributed by atoms with Crippen LogP contribution in [0, 0.1) is 11.3 Å². The summed E-state index contributed by atoms with van der Waals surface area (Å²) < 4.78 is 11.4. The molecule has 0 radical (unpaired) electrons. The van der Waals surface area contributed by atoms with E-state index in [1.54, 1.807) is 61.7 Å². The maximum atomic E-state index is 14.8. The summed E-state index contributed by atoms with van der Waals surface area (Å²) in [6.07, 6.45) is 17.5. The van der Waals surface area contributed by atoms with Gasteiger partial charge in [0.2, 0.25) is 17.7 Å². The number of aromatic nitrogens is 2. The molecule has 7 aliphatic rings. The van der Waals surface area contributed by atoms with Gasteiger partial charge in [-0.15, -0.1) is 0 Å². The van der Waals surface area contributed by atoms with E-state index in [1.807, 2.05) is 11.8 Å². The van der Waals surface area contributed by atoms with Gasteiger partial charge in [-0.25, -0.2) is 14.8 Å². The monoisotopic (exact) mass is 937 g/mol. The molecule has 68 heavy (non-hydrogen) atoms. The van der Waals surface area contributed by atoms with Crippen molar-refractivity contribution in [1.29, 1.82) is 0 Å². The summed E-state index contributed by atoms with van der Waals surface area (Å²) in [5, 5.41) is 16.1. The van der Waals surface area contributed by atoms with Crippen LogP contribution in [-0.4, -0.2) is 145 Å². The Kier molecular flexibility index (Phi) is 13.3. The Bertz CT molecular complexity index is 2340. The van der Waals surface area contributed by atoms with Crippen molar-refractivity contribution in [3.8, 4) is 5.75 Å². The molecular formula is C50H68N10O8. The average Bonchev–Trinajstić information content (AvgIpc) is 3.87.